The number of ether oxygens (including phenoxy) is 1. The average molecular weight is 178 g/mol. The summed E-state index contributed by atoms with van der Waals surface area (Å²) in [5.74, 6) is 0.821. The van der Waals surface area contributed by atoms with Crippen molar-refractivity contribution in [3.05, 3.63) is 29.3 Å². The van der Waals surface area contributed by atoms with Crippen LogP contribution in [0, 0.1) is 6.92 Å². The van der Waals surface area contributed by atoms with Gasteiger partial charge >= 0.3 is 0 Å². The van der Waals surface area contributed by atoms with Gasteiger partial charge in [-0.1, -0.05) is 11.6 Å². The van der Waals surface area contributed by atoms with E-state index in [1.54, 1.807) is 0 Å². The third-order valence-electron chi connectivity index (χ3n) is 2.56. The second-order valence-electron chi connectivity index (χ2n) is 3.87. The zero-order chi connectivity index (χ0) is 9.47. The van der Waals surface area contributed by atoms with Crippen LogP contribution in [-0.4, -0.2) is 11.7 Å². The first-order chi connectivity index (χ1) is 6.09. The molecule has 0 aliphatic carbocycles. The van der Waals surface area contributed by atoms with Gasteiger partial charge in [0.2, 0.25) is 0 Å². The number of aryl methyl sites for hydroxylation is 1. The highest BCUT2D eigenvalue weighted by Crippen LogP contribution is 2.36. The molecule has 0 amide bonds. The zero-order valence-corrected chi connectivity index (χ0v) is 8.00. The van der Waals surface area contributed by atoms with Crippen molar-refractivity contribution in [2.45, 2.75) is 25.9 Å². The fourth-order valence-electron chi connectivity index (χ4n) is 1.68. The minimum Gasteiger partial charge on any atom is -0.493 e. The first-order valence-corrected chi connectivity index (χ1v) is 4.56. The van der Waals surface area contributed by atoms with E-state index in [1.165, 1.54) is 0 Å². The molecular weight excluding hydrogens is 164 g/mol. The van der Waals surface area contributed by atoms with Gasteiger partial charge in [0, 0.05) is 12.0 Å². The van der Waals surface area contributed by atoms with Gasteiger partial charge < -0.3 is 9.84 Å². The van der Waals surface area contributed by atoms with E-state index in [4.69, 9.17) is 4.74 Å². The number of rotatable bonds is 0. The molecule has 1 aliphatic heterocycles. The maximum Gasteiger partial charge on any atom is 0.125 e. The molecular formula is C11H14O2. The van der Waals surface area contributed by atoms with Crippen LogP contribution in [0.4, 0.5) is 0 Å². The summed E-state index contributed by atoms with van der Waals surface area (Å²) in [6, 6.07) is 5.92. The lowest BCUT2D eigenvalue weighted by Crippen LogP contribution is -2.29. The van der Waals surface area contributed by atoms with E-state index in [2.05, 4.69) is 0 Å². The summed E-state index contributed by atoms with van der Waals surface area (Å²) in [5, 5.41) is 10.1. The van der Waals surface area contributed by atoms with E-state index in [1.807, 2.05) is 32.0 Å². The molecule has 1 aliphatic rings. The Kier molecular flexibility index (Phi) is 1.81. The van der Waals surface area contributed by atoms with Crippen LogP contribution in [0.25, 0.3) is 0 Å². The lowest BCUT2D eigenvalue weighted by atomic mass is 9.89. The molecule has 0 saturated heterocycles. The molecule has 2 heteroatoms. The molecule has 1 N–H and O–H groups in total. The second-order valence-corrected chi connectivity index (χ2v) is 3.87. The Bertz CT molecular complexity index is 329. The molecule has 1 atom stereocenters. The van der Waals surface area contributed by atoms with E-state index in [0.29, 0.717) is 13.0 Å². The van der Waals surface area contributed by atoms with Gasteiger partial charge in [-0.05, 0) is 26.0 Å². The van der Waals surface area contributed by atoms with Crippen LogP contribution in [0.1, 0.15) is 24.5 Å². The standard InChI is InChI=1S/C11H14O2/c1-8-3-4-10-9(7-8)11(2,12)5-6-13-10/h3-4,7,12H,5-6H2,1-2H3. The van der Waals surface area contributed by atoms with Gasteiger partial charge in [-0.25, -0.2) is 0 Å². The molecule has 1 aromatic rings. The Labute approximate surface area is 78.2 Å². The molecule has 0 saturated carbocycles. The van der Waals surface area contributed by atoms with Crippen LogP contribution in [0.5, 0.6) is 5.75 Å². The summed E-state index contributed by atoms with van der Waals surface area (Å²) in [6.07, 6.45) is 0.670. The molecule has 0 spiro atoms. The van der Waals surface area contributed by atoms with Gasteiger partial charge in [-0.3, -0.25) is 0 Å². The number of hydrogen-bond acceptors (Lipinski definition) is 2. The smallest absolute Gasteiger partial charge is 0.125 e. The van der Waals surface area contributed by atoms with Gasteiger partial charge in [0.25, 0.3) is 0 Å². The number of fused-ring (bicyclic) bond motifs is 1. The Morgan fingerprint density at radius 3 is 3.00 bits per heavy atom. The summed E-state index contributed by atoms with van der Waals surface area (Å²) in [5.41, 5.74) is 1.35. The van der Waals surface area contributed by atoms with Gasteiger partial charge in [0.1, 0.15) is 5.75 Å². The molecule has 1 heterocycles. The van der Waals surface area contributed by atoms with Crippen molar-refractivity contribution in [3.8, 4) is 5.75 Å². The van der Waals surface area contributed by atoms with Gasteiger partial charge in [0.15, 0.2) is 0 Å². The molecule has 2 nitrogen and oxygen atoms in total. The summed E-state index contributed by atoms with van der Waals surface area (Å²) in [7, 11) is 0. The van der Waals surface area contributed by atoms with Crippen molar-refractivity contribution >= 4 is 0 Å². The Hall–Kier alpha value is -1.02. The fraction of sp³-hybridized carbons (Fsp3) is 0.455. The van der Waals surface area contributed by atoms with E-state index in [9.17, 15) is 5.11 Å². The average Bonchev–Trinajstić information content (AvgIpc) is 2.06. The van der Waals surface area contributed by atoms with Crippen molar-refractivity contribution in [1.29, 1.82) is 0 Å². The van der Waals surface area contributed by atoms with Crippen molar-refractivity contribution in [2.75, 3.05) is 6.61 Å². The monoisotopic (exact) mass is 178 g/mol. The predicted octanol–water partition coefficient (Wildman–Crippen LogP) is 1.99. The van der Waals surface area contributed by atoms with Gasteiger partial charge in [-0.15, -0.1) is 0 Å². The van der Waals surface area contributed by atoms with Crippen molar-refractivity contribution in [2.24, 2.45) is 0 Å². The molecule has 0 radical (unpaired) electrons. The fourth-order valence-corrected chi connectivity index (χ4v) is 1.68. The van der Waals surface area contributed by atoms with Crippen LogP contribution >= 0.6 is 0 Å². The van der Waals surface area contributed by atoms with E-state index in [-0.39, 0.29) is 0 Å². The predicted molar refractivity (Wildman–Crippen MR) is 50.9 cm³/mol. The van der Waals surface area contributed by atoms with Crippen LogP contribution in [0.2, 0.25) is 0 Å². The molecule has 1 unspecified atom stereocenters. The molecule has 2 rings (SSSR count). The SMILES string of the molecule is Cc1ccc2c(c1)C(C)(O)CCO2. The highest BCUT2D eigenvalue weighted by molar-refractivity contribution is 5.41. The van der Waals surface area contributed by atoms with Gasteiger partial charge in [-0.2, -0.15) is 0 Å². The second kappa shape index (κ2) is 2.74. The number of benzene rings is 1. The topological polar surface area (TPSA) is 29.5 Å². The quantitative estimate of drug-likeness (QED) is 0.658. The maximum absolute atomic E-state index is 10.1. The van der Waals surface area contributed by atoms with E-state index >= 15 is 0 Å². The molecule has 0 fully saturated rings. The summed E-state index contributed by atoms with van der Waals surface area (Å²) >= 11 is 0. The van der Waals surface area contributed by atoms with Crippen LogP contribution in [-0.2, 0) is 5.60 Å². The lowest BCUT2D eigenvalue weighted by molar-refractivity contribution is 0.0146. The highest BCUT2D eigenvalue weighted by Gasteiger charge is 2.30. The number of hydrogen-bond donors (Lipinski definition) is 1. The maximum atomic E-state index is 10.1. The minimum atomic E-state index is -0.723. The molecule has 70 valence electrons. The molecule has 13 heavy (non-hydrogen) atoms. The van der Waals surface area contributed by atoms with Crippen molar-refractivity contribution in [1.82, 2.24) is 0 Å². The van der Waals surface area contributed by atoms with Gasteiger partial charge in [0.05, 0.1) is 12.2 Å². The van der Waals surface area contributed by atoms with Crippen molar-refractivity contribution in [3.63, 3.8) is 0 Å². The Morgan fingerprint density at radius 2 is 2.23 bits per heavy atom. The first kappa shape index (κ1) is 8.57. The van der Waals surface area contributed by atoms with Crippen LogP contribution in [0.3, 0.4) is 0 Å². The lowest BCUT2D eigenvalue weighted by Gasteiger charge is -2.31. The largest absolute Gasteiger partial charge is 0.493 e. The van der Waals surface area contributed by atoms with Crippen LogP contribution in [0.15, 0.2) is 18.2 Å². The van der Waals surface area contributed by atoms with Crippen molar-refractivity contribution < 1.29 is 9.84 Å². The third-order valence-corrected chi connectivity index (χ3v) is 2.56. The van der Waals surface area contributed by atoms with Crippen LogP contribution < -0.4 is 4.74 Å². The highest BCUT2D eigenvalue weighted by atomic mass is 16.5. The van der Waals surface area contributed by atoms with E-state index in [0.717, 1.165) is 16.9 Å². The zero-order valence-electron chi connectivity index (χ0n) is 8.00. The molecule has 0 bridgehead atoms. The normalized spacial score (nSPS) is 26.4. The minimum absolute atomic E-state index is 0.600. The molecule has 0 aromatic heterocycles. The third kappa shape index (κ3) is 1.42. The summed E-state index contributed by atoms with van der Waals surface area (Å²) in [6.45, 7) is 4.46. The number of aliphatic hydroxyl groups is 1. The van der Waals surface area contributed by atoms with E-state index < -0.39 is 5.60 Å². The first-order valence-electron chi connectivity index (χ1n) is 4.56. The Balaban J connectivity index is 2.55. The summed E-state index contributed by atoms with van der Waals surface area (Å²) in [4.78, 5) is 0. The Morgan fingerprint density at radius 1 is 1.46 bits per heavy atom. The molecule has 1 aromatic carbocycles. The summed E-state index contributed by atoms with van der Waals surface area (Å²) < 4.78 is 5.45.